The molecule has 0 radical (unpaired) electrons. The fraction of sp³-hybridized carbons (Fsp3) is 0.222. The SMILES string of the molecule is COc1cc(C(=O)NS(C)(=O)=O)ccc1I. The van der Waals surface area contributed by atoms with E-state index in [2.05, 4.69) is 22.6 Å². The van der Waals surface area contributed by atoms with Crippen LogP contribution in [0.5, 0.6) is 5.75 Å². The van der Waals surface area contributed by atoms with Crippen molar-refractivity contribution in [3.63, 3.8) is 0 Å². The van der Waals surface area contributed by atoms with Crippen LogP contribution >= 0.6 is 22.6 Å². The molecule has 1 amide bonds. The molecule has 1 aromatic carbocycles. The summed E-state index contributed by atoms with van der Waals surface area (Å²) in [4.78, 5) is 11.5. The molecule has 1 rings (SSSR count). The van der Waals surface area contributed by atoms with Crippen LogP contribution in [0, 0.1) is 3.57 Å². The van der Waals surface area contributed by atoms with Gasteiger partial charge in [0.1, 0.15) is 5.75 Å². The Morgan fingerprint density at radius 3 is 2.56 bits per heavy atom. The number of ether oxygens (including phenoxy) is 1. The van der Waals surface area contributed by atoms with Crippen molar-refractivity contribution < 1.29 is 17.9 Å². The summed E-state index contributed by atoms with van der Waals surface area (Å²) in [5, 5.41) is 0. The Kier molecular flexibility index (Phi) is 4.14. The first-order valence-electron chi connectivity index (χ1n) is 4.19. The minimum absolute atomic E-state index is 0.239. The number of carbonyl (C=O) groups excluding carboxylic acids is 1. The minimum atomic E-state index is -3.54. The van der Waals surface area contributed by atoms with Crippen LogP contribution in [-0.2, 0) is 10.0 Å². The number of sulfonamides is 1. The summed E-state index contributed by atoms with van der Waals surface area (Å²) in [6.07, 6.45) is 0.925. The lowest BCUT2D eigenvalue weighted by Gasteiger charge is -2.06. The standard InChI is InChI=1S/C9H10INO4S/c1-15-8-5-6(3-4-7(8)10)9(12)11-16(2,13)14/h3-5H,1-2H3,(H,11,12). The molecule has 0 aromatic heterocycles. The number of nitrogens with one attached hydrogen (secondary N) is 1. The zero-order valence-electron chi connectivity index (χ0n) is 8.65. The molecular weight excluding hydrogens is 345 g/mol. The van der Waals surface area contributed by atoms with E-state index < -0.39 is 15.9 Å². The average molecular weight is 355 g/mol. The highest BCUT2D eigenvalue weighted by molar-refractivity contribution is 14.1. The number of rotatable bonds is 3. The van der Waals surface area contributed by atoms with Crippen molar-refractivity contribution in [2.24, 2.45) is 0 Å². The second-order valence-electron chi connectivity index (χ2n) is 3.05. The summed E-state index contributed by atoms with van der Waals surface area (Å²) < 4.78 is 29.5. The predicted octanol–water partition coefficient (Wildman–Crippen LogP) is 0.989. The first kappa shape index (κ1) is 13.2. The van der Waals surface area contributed by atoms with E-state index in [1.165, 1.54) is 19.2 Å². The molecule has 0 aliphatic rings. The second-order valence-corrected chi connectivity index (χ2v) is 5.96. The third kappa shape index (κ3) is 3.63. The summed E-state index contributed by atoms with van der Waals surface area (Å²) in [6.45, 7) is 0. The molecule has 5 nitrogen and oxygen atoms in total. The van der Waals surface area contributed by atoms with E-state index in [0.717, 1.165) is 9.83 Å². The number of amides is 1. The van der Waals surface area contributed by atoms with Crippen LogP contribution in [-0.4, -0.2) is 27.7 Å². The van der Waals surface area contributed by atoms with Gasteiger partial charge in [0.25, 0.3) is 5.91 Å². The highest BCUT2D eigenvalue weighted by Gasteiger charge is 2.12. The predicted molar refractivity (Wildman–Crippen MR) is 68.0 cm³/mol. The molecule has 7 heteroatoms. The average Bonchev–Trinajstić information content (AvgIpc) is 2.15. The van der Waals surface area contributed by atoms with Gasteiger partial charge in [0, 0.05) is 5.56 Å². The van der Waals surface area contributed by atoms with E-state index in [1.54, 1.807) is 6.07 Å². The zero-order chi connectivity index (χ0) is 12.3. The van der Waals surface area contributed by atoms with E-state index in [-0.39, 0.29) is 5.56 Å². The largest absolute Gasteiger partial charge is 0.496 e. The molecular formula is C9H10INO4S. The van der Waals surface area contributed by atoms with Crippen molar-refractivity contribution in [3.8, 4) is 5.75 Å². The summed E-state index contributed by atoms with van der Waals surface area (Å²) >= 11 is 2.05. The van der Waals surface area contributed by atoms with Crippen LogP contribution in [0.2, 0.25) is 0 Å². The molecule has 0 spiro atoms. The third-order valence-corrected chi connectivity index (χ3v) is 3.14. The summed E-state index contributed by atoms with van der Waals surface area (Å²) in [5.74, 6) is -0.140. The Morgan fingerprint density at radius 1 is 1.44 bits per heavy atom. The van der Waals surface area contributed by atoms with Crippen LogP contribution in [0.15, 0.2) is 18.2 Å². The van der Waals surface area contributed by atoms with Gasteiger partial charge >= 0.3 is 0 Å². The molecule has 1 aromatic rings. The number of carbonyl (C=O) groups is 1. The number of hydrogen-bond donors (Lipinski definition) is 1. The molecule has 16 heavy (non-hydrogen) atoms. The smallest absolute Gasteiger partial charge is 0.264 e. The van der Waals surface area contributed by atoms with Crippen LogP contribution in [0.25, 0.3) is 0 Å². The maximum Gasteiger partial charge on any atom is 0.264 e. The van der Waals surface area contributed by atoms with Crippen LogP contribution in [0.4, 0.5) is 0 Å². The van der Waals surface area contributed by atoms with E-state index in [1.807, 2.05) is 4.72 Å². The fourth-order valence-corrected chi connectivity index (χ4v) is 2.04. The maximum absolute atomic E-state index is 11.5. The number of benzene rings is 1. The van der Waals surface area contributed by atoms with E-state index in [9.17, 15) is 13.2 Å². The summed E-state index contributed by atoms with van der Waals surface area (Å²) in [5.41, 5.74) is 0.239. The van der Waals surface area contributed by atoms with E-state index in [4.69, 9.17) is 4.74 Å². The monoisotopic (exact) mass is 355 g/mol. The van der Waals surface area contributed by atoms with E-state index in [0.29, 0.717) is 5.75 Å². The molecule has 0 atom stereocenters. The van der Waals surface area contributed by atoms with Crippen molar-refractivity contribution in [2.45, 2.75) is 0 Å². The lowest BCUT2D eigenvalue weighted by molar-refractivity contribution is 0.0981. The Labute approximate surface area is 107 Å². The first-order valence-corrected chi connectivity index (χ1v) is 7.16. The van der Waals surface area contributed by atoms with Crippen molar-refractivity contribution in [2.75, 3.05) is 13.4 Å². The Hall–Kier alpha value is -0.830. The molecule has 0 saturated carbocycles. The molecule has 88 valence electrons. The highest BCUT2D eigenvalue weighted by atomic mass is 127. The van der Waals surface area contributed by atoms with Gasteiger partial charge in [0.05, 0.1) is 16.9 Å². The molecule has 0 heterocycles. The fourth-order valence-electron chi connectivity index (χ4n) is 1.03. The van der Waals surface area contributed by atoms with Gasteiger partial charge in [-0.05, 0) is 40.8 Å². The van der Waals surface area contributed by atoms with Crippen LogP contribution < -0.4 is 9.46 Å². The second kappa shape index (κ2) is 5.00. The van der Waals surface area contributed by atoms with Gasteiger partial charge in [-0.15, -0.1) is 0 Å². The summed E-state index contributed by atoms with van der Waals surface area (Å²) in [7, 11) is -2.06. The quantitative estimate of drug-likeness (QED) is 0.821. The minimum Gasteiger partial charge on any atom is -0.496 e. The van der Waals surface area contributed by atoms with Crippen molar-refractivity contribution in [1.82, 2.24) is 4.72 Å². The van der Waals surface area contributed by atoms with Gasteiger partial charge in [0.2, 0.25) is 10.0 Å². The van der Waals surface area contributed by atoms with Gasteiger partial charge in [-0.3, -0.25) is 4.79 Å². The Bertz CT molecular complexity index is 512. The van der Waals surface area contributed by atoms with Gasteiger partial charge in [-0.1, -0.05) is 0 Å². The topological polar surface area (TPSA) is 72.5 Å². The van der Waals surface area contributed by atoms with Crippen LogP contribution in [0.1, 0.15) is 10.4 Å². The normalized spacial score (nSPS) is 10.9. The van der Waals surface area contributed by atoms with Crippen molar-refractivity contribution in [1.29, 1.82) is 0 Å². The summed E-state index contributed by atoms with van der Waals surface area (Å²) in [6, 6.07) is 4.70. The molecule has 0 aliphatic carbocycles. The van der Waals surface area contributed by atoms with Gasteiger partial charge in [0.15, 0.2) is 0 Å². The molecule has 0 saturated heterocycles. The van der Waals surface area contributed by atoms with Crippen molar-refractivity contribution >= 4 is 38.5 Å². The van der Waals surface area contributed by atoms with Gasteiger partial charge < -0.3 is 4.74 Å². The molecule has 0 fully saturated rings. The van der Waals surface area contributed by atoms with Crippen molar-refractivity contribution in [3.05, 3.63) is 27.3 Å². The first-order chi connectivity index (χ1) is 7.33. The molecule has 1 N–H and O–H groups in total. The number of hydrogen-bond acceptors (Lipinski definition) is 4. The zero-order valence-corrected chi connectivity index (χ0v) is 11.6. The third-order valence-electron chi connectivity index (χ3n) is 1.69. The maximum atomic E-state index is 11.5. The lowest BCUT2D eigenvalue weighted by atomic mass is 10.2. The van der Waals surface area contributed by atoms with Crippen LogP contribution in [0.3, 0.4) is 0 Å². The molecule has 0 aliphatic heterocycles. The molecule has 0 unspecified atom stereocenters. The Balaban J connectivity index is 3.01. The Morgan fingerprint density at radius 2 is 2.06 bits per heavy atom. The lowest BCUT2D eigenvalue weighted by Crippen LogP contribution is -2.29. The van der Waals surface area contributed by atoms with Gasteiger partial charge in [-0.25, -0.2) is 13.1 Å². The molecule has 0 bridgehead atoms. The number of methoxy groups -OCH3 is 1. The highest BCUT2D eigenvalue weighted by Crippen LogP contribution is 2.21. The van der Waals surface area contributed by atoms with Gasteiger partial charge in [-0.2, -0.15) is 0 Å². The number of halogens is 1. The van der Waals surface area contributed by atoms with E-state index >= 15 is 0 Å².